The molecule has 4 aliphatic rings. The number of halogens is 2. The van der Waals surface area contributed by atoms with Crippen molar-refractivity contribution in [2.75, 3.05) is 0 Å². The minimum absolute atomic E-state index is 0. The van der Waals surface area contributed by atoms with Crippen LogP contribution in [-0.4, -0.2) is 16.1 Å². The van der Waals surface area contributed by atoms with Crippen molar-refractivity contribution >= 4 is 16.1 Å². The molecule has 0 amide bonds. The molecule has 2 saturated heterocycles. The van der Waals surface area contributed by atoms with E-state index in [0.717, 1.165) is 0 Å². The Labute approximate surface area is 205 Å². The zero-order valence-corrected chi connectivity index (χ0v) is 24.9. The second-order valence-corrected chi connectivity index (χ2v) is 22.1. The van der Waals surface area contributed by atoms with Gasteiger partial charge in [-0.05, 0) is 0 Å². The molecule has 0 aromatic rings. The van der Waals surface area contributed by atoms with Gasteiger partial charge in [0.2, 0.25) is 0 Å². The van der Waals surface area contributed by atoms with Crippen molar-refractivity contribution in [1.82, 2.24) is 0 Å². The van der Waals surface area contributed by atoms with E-state index in [1.165, 1.54) is 38.5 Å². The van der Waals surface area contributed by atoms with Crippen LogP contribution >= 0.6 is 0 Å². The number of hydrogen-bond acceptors (Lipinski definition) is 0. The van der Waals surface area contributed by atoms with Gasteiger partial charge in [-0.3, -0.25) is 0 Å². The third-order valence-electron chi connectivity index (χ3n) is 8.09. The van der Waals surface area contributed by atoms with Crippen LogP contribution in [0.2, 0.25) is 36.3 Å². The molecule has 0 bridgehead atoms. The minimum Gasteiger partial charge on any atom is -1.00 e. The molecule has 0 aromatic carbocycles. The van der Waals surface area contributed by atoms with Gasteiger partial charge >= 0.3 is 182 Å². The van der Waals surface area contributed by atoms with E-state index in [9.17, 15) is 0 Å². The van der Waals surface area contributed by atoms with Crippen LogP contribution in [0.4, 0.5) is 0 Å². The smallest absolute Gasteiger partial charge is 1.00 e. The maximum atomic E-state index is 2.74. The molecule has 2 heterocycles. The van der Waals surface area contributed by atoms with Crippen molar-refractivity contribution in [1.29, 1.82) is 0 Å². The second kappa shape index (κ2) is 10.6. The predicted octanol–water partition coefficient (Wildman–Crippen LogP) is 1.89. The maximum absolute atomic E-state index is 2.74. The Morgan fingerprint density at radius 3 is 1.38 bits per heavy atom. The summed E-state index contributed by atoms with van der Waals surface area (Å²) in [6, 6.07) is 9.58. The molecule has 2 fully saturated rings. The quantitative estimate of drug-likeness (QED) is 0.410. The fourth-order valence-corrected chi connectivity index (χ4v) is 23.8. The molecule has 29 heavy (non-hydrogen) atoms. The van der Waals surface area contributed by atoms with Crippen molar-refractivity contribution in [3.05, 3.63) is 40.3 Å². The first kappa shape index (κ1) is 26.1. The second-order valence-electron chi connectivity index (χ2n) is 9.85. The molecule has 5 heteroatoms. The molecule has 2 aliphatic heterocycles. The van der Waals surface area contributed by atoms with E-state index in [0.29, 0.717) is 0 Å². The summed E-state index contributed by atoms with van der Waals surface area (Å²) < 4.78 is 4.00. The molecule has 4 rings (SSSR count). The van der Waals surface area contributed by atoms with Crippen LogP contribution in [-0.2, 0) is 23.2 Å². The van der Waals surface area contributed by atoms with Gasteiger partial charge < -0.3 is 24.8 Å². The van der Waals surface area contributed by atoms with Gasteiger partial charge in [0, 0.05) is 0 Å². The Kier molecular flexibility index (Phi) is 9.59. The molecule has 0 N–H and O–H groups in total. The summed E-state index contributed by atoms with van der Waals surface area (Å²) in [5, 5.41) is 4.01. The summed E-state index contributed by atoms with van der Waals surface area (Å²) in [6.07, 6.45) is 14.0. The summed E-state index contributed by atoms with van der Waals surface area (Å²) in [7, 11) is -2.14. The van der Waals surface area contributed by atoms with Crippen molar-refractivity contribution in [3.63, 3.8) is 0 Å². The van der Waals surface area contributed by atoms with Crippen molar-refractivity contribution < 1.29 is 48.0 Å². The molecule has 2 aliphatic carbocycles. The summed E-state index contributed by atoms with van der Waals surface area (Å²) in [5.74, 6) is 0. The van der Waals surface area contributed by atoms with Crippen LogP contribution in [0.1, 0.15) is 66.2 Å². The fourth-order valence-electron chi connectivity index (χ4n) is 6.29. The Morgan fingerprint density at radius 2 is 1.10 bits per heavy atom. The summed E-state index contributed by atoms with van der Waals surface area (Å²) in [4.78, 5) is 0. The monoisotopic (exact) mass is 542 g/mol. The topological polar surface area (TPSA) is 0 Å². The average Bonchev–Trinajstić information content (AvgIpc) is 3.12. The molecular formula is C24H38Cl2Si2Zr. The van der Waals surface area contributed by atoms with Crippen LogP contribution in [0.3, 0.4) is 0 Å². The van der Waals surface area contributed by atoms with Crippen molar-refractivity contribution in [2.45, 2.75) is 102 Å². The molecule has 160 valence electrons. The maximum Gasteiger partial charge on any atom is -1.00 e. The van der Waals surface area contributed by atoms with Crippen LogP contribution in [0.15, 0.2) is 40.3 Å². The first-order valence-corrected chi connectivity index (χ1v) is 19.3. The molecule has 0 spiro atoms. The summed E-state index contributed by atoms with van der Waals surface area (Å²) >= 11 is -0.631. The fraction of sp³-hybridized carbons (Fsp3) is 0.667. The van der Waals surface area contributed by atoms with Gasteiger partial charge in [0.25, 0.3) is 0 Å². The predicted molar refractivity (Wildman–Crippen MR) is 121 cm³/mol. The third kappa shape index (κ3) is 4.66. The van der Waals surface area contributed by atoms with Crippen molar-refractivity contribution in [3.8, 4) is 0 Å². The SMILES string of the molecule is CCC[Si]1(C2=CCC(C)=[C]2[Zr+2][C]2=C(C)CC=C2[Si]2(CCC)CCC2)CCC1.[Cl-].[Cl-]. The molecule has 0 aromatic heterocycles. The molecule has 0 nitrogen and oxygen atoms in total. The normalized spacial score (nSPS) is 24.0. The van der Waals surface area contributed by atoms with Gasteiger partial charge in [-0.1, -0.05) is 0 Å². The first-order chi connectivity index (χ1) is 13.1. The molecule has 0 saturated carbocycles. The number of rotatable bonds is 8. The summed E-state index contributed by atoms with van der Waals surface area (Å²) in [6.45, 7) is 9.84. The summed E-state index contributed by atoms with van der Waals surface area (Å²) in [5.41, 5.74) is 3.58. The zero-order chi connectivity index (χ0) is 19.1. The zero-order valence-electron chi connectivity index (χ0n) is 18.9. The Hall–Kier alpha value is 0.857. The van der Waals surface area contributed by atoms with Crippen molar-refractivity contribution in [2.24, 2.45) is 0 Å². The average molecular weight is 545 g/mol. The standard InChI is InChI=1S/2C12H19Si.2ClH.Zr/c2*1-3-7-13(8-4-9-13)12-6-5-11(2)10-12;;;/h2*6H,3-5,7-9H2,1-2H3;2*1H;/q;;;;+2/p-2. The van der Waals surface area contributed by atoms with E-state index in [-0.39, 0.29) is 24.8 Å². The Balaban J connectivity index is 0.00000150. The Morgan fingerprint density at radius 1 is 0.724 bits per heavy atom. The van der Waals surface area contributed by atoms with Crippen LogP contribution in [0.5, 0.6) is 0 Å². The van der Waals surface area contributed by atoms with Gasteiger partial charge in [-0.25, -0.2) is 0 Å². The van der Waals surface area contributed by atoms with Gasteiger partial charge in [0.1, 0.15) is 0 Å². The van der Waals surface area contributed by atoms with E-state index in [1.54, 1.807) is 47.4 Å². The van der Waals surface area contributed by atoms with E-state index in [2.05, 4.69) is 39.8 Å². The van der Waals surface area contributed by atoms with Crippen LogP contribution < -0.4 is 24.8 Å². The third-order valence-corrected chi connectivity index (χ3v) is 25.3. The van der Waals surface area contributed by atoms with E-state index >= 15 is 0 Å². The van der Waals surface area contributed by atoms with E-state index in [4.69, 9.17) is 0 Å². The number of allylic oxidation sites excluding steroid dienone is 8. The van der Waals surface area contributed by atoms with Gasteiger partial charge in [0.05, 0.1) is 0 Å². The van der Waals surface area contributed by atoms with Crippen LogP contribution in [0.25, 0.3) is 0 Å². The van der Waals surface area contributed by atoms with Gasteiger partial charge in [0.15, 0.2) is 0 Å². The first-order valence-electron chi connectivity index (χ1n) is 11.6. The minimum atomic E-state index is -1.07. The Bertz CT molecular complexity index is 678. The molecule has 0 unspecified atom stereocenters. The van der Waals surface area contributed by atoms with E-state index in [1.807, 2.05) is 17.0 Å². The number of hydrogen-bond donors (Lipinski definition) is 0. The molecular weight excluding hydrogens is 507 g/mol. The van der Waals surface area contributed by atoms with Crippen LogP contribution in [0, 0.1) is 0 Å². The molecule has 0 radical (unpaired) electrons. The van der Waals surface area contributed by atoms with Gasteiger partial charge in [-0.2, -0.15) is 0 Å². The molecule has 0 atom stereocenters. The largest absolute Gasteiger partial charge is 1.00 e. The van der Waals surface area contributed by atoms with E-state index < -0.39 is 39.4 Å². The van der Waals surface area contributed by atoms with Gasteiger partial charge in [-0.15, -0.1) is 0 Å².